The Balaban J connectivity index is 1.96. The smallest absolute Gasteiger partial charge is 0.321 e. The number of rotatable bonds is 7. The molecule has 8 nitrogen and oxygen atoms in total. The Labute approximate surface area is 151 Å². The first-order chi connectivity index (χ1) is 12.2. The summed E-state index contributed by atoms with van der Waals surface area (Å²) in [5.41, 5.74) is 1.82. The van der Waals surface area contributed by atoms with Crippen molar-refractivity contribution in [3.63, 3.8) is 0 Å². The van der Waals surface area contributed by atoms with Crippen molar-refractivity contribution in [3.8, 4) is 0 Å². The second-order valence-corrected chi connectivity index (χ2v) is 7.38. The molecule has 0 unspecified atom stereocenters. The first kappa shape index (κ1) is 19.5. The van der Waals surface area contributed by atoms with Gasteiger partial charge in [-0.2, -0.15) is 4.72 Å². The highest BCUT2D eigenvalue weighted by Crippen LogP contribution is 2.18. The monoisotopic (exact) mass is 378 g/mol. The maximum absolute atomic E-state index is 12.2. The Kier molecular flexibility index (Phi) is 6.06. The number of para-hydroxylation sites is 1. The van der Waals surface area contributed by atoms with Crippen LogP contribution in [0.15, 0.2) is 47.4 Å². The summed E-state index contributed by atoms with van der Waals surface area (Å²) in [6.45, 7) is 2.76. The summed E-state index contributed by atoms with van der Waals surface area (Å²) in [6, 6.07) is 10.5. The maximum atomic E-state index is 12.2. The number of ether oxygens (including phenoxy) is 1. The molecule has 0 saturated heterocycles. The molecule has 0 aliphatic heterocycles. The molecule has 138 valence electrons. The van der Waals surface area contributed by atoms with Gasteiger partial charge in [0.05, 0.1) is 15.4 Å². The normalized spacial score (nSPS) is 11.2. The van der Waals surface area contributed by atoms with Gasteiger partial charge in [-0.15, -0.1) is 0 Å². The highest BCUT2D eigenvalue weighted by atomic mass is 32.2. The number of sulfonamides is 1. The Morgan fingerprint density at radius 3 is 2.50 bits per heavy atom. The fourth-order valence-electron chi connectivity index (χ4n) is 2.14. The number of benzene rings is 2. The molecule has 0 aliphatic rings. The van der Waals surface area contributed by atoms with Crippen LogP contribution in [0, 0.1) is 24.0 Å². The Morgan fingerprint density at radius 2 is 1.85 bits per heavy atom. The molecule has 9 heteroatoms. The van der Waals surface area contributed by atoms with Crippen molar-refractivity contribution >= 4 is 21.7 Å². The molecule has 0 saturated carbocycles. The number of nitro groups is 1. The van der Waals surface area contributed by atoms with Crippen LogP contribution in [-0.2, 0) is 26.2 Å². The lowest BCUT2D eigenvalue weighted by Crippen LogP contribution is -2.30. The fourth-order valence-corrected chi connectivity index (χ4v) is 3.19. The Hall–Kier alpha value is -2.78. The van der Waals surface area contributed by atoms with E-state index in [2.05, 4.69) is 4.72 Å². The van der Waals surface area contributed by atoms with E-state index in [1.165, 1.54) is 30.3 Å². The van der Waals surface area contributed by atoms with E-state index in [1.807, 2.05) is 6.92 Å². The van der Waals surface area contributed by atoms with Gasteiger partial charge in [-0.25, -0.2) is 8.42 Å². The van der Waals surface area contributed by atoms with Gasteiger partial charge in [-0.05, 0) is 43.2 Å². The number of hydrogen-bond donors (Lipinski definition) is 1. The number of hydrogen-bond acceptors (Lipinski definition) is 6. The summed E-state index contributed by atoms with van der Waals surface area (Å²) in [4.78, 5) is 22.2. The van der Waals surface area contributed by atoms with E-state index in [0.717, 1.165) is 11.1 Å². The van der Waals surface area contributed by atoms with Gasteiger partial charge in [-0.3, -0.25) is 14.9 Å². The maximum Gasteiger partial charge on any atom is 0.321 e. The molecule has 0 bridgehead atoms. The molecule has 2 aromatic carbocycles. The summed E-state index contributed by atoms with van der Waals surface area (Å²) < 4.78 is 31.5. The number of carbonyl (C=O) groups excluding carboxylic acids is 1. The van der Waals surface area contributed by atoms with Crippen LogP contribution in [0.5, 0.6) is 0 Å². The summed E-state index contributed by atoms with van der Waals surface area (Å²) in [5, 5.41) is 10.9. The van der Waals surface area contributed by atoms with E-state index in [9.17, 15) is 23.3 Å². The Bertz CT molecular complexity index is 940. The van der Waals surface area contributed by atoms with E-state index in [4.69, 9.17) is 4.74 Å². The van der Waals surface area contributed by atoms with Crippen LogP contribution in [0.25, 0.3) is 0 Å². The second-order valence-electron chi connectivity index (χ2n) is 5.62. The van der Waals surface area contributed by atoms with Gasteiger partial charge >= 0.3 is 5.97 Å². The summed E-state index contributed by atoms with van der Waals surface area (Å²) in [6.07, 6.45) is 0. The highest BCUT2D eigenvalue weighted by Gasteiger charge is 2.18. The van der Waals surface area contributed by atoms with Crippen molar-refractivity contribution in [1.82, 2.24) is 4.72 Å². The van der Waals surface area contributed by atoms with Gasteiger partial charge < -0.3 is 4.74 Å². The quantitative estimate of drug-likeness (QED) is 0.449. The average molecular weight is 378 g/mol. The average Bonchev–Trinajstić information content (AvgIpc) is 2.60. The van der Waals surface area contributed by atoms with Crippen molar-refractivity contribution in [2.75, 3.05) is 6.54 Å². The molecule has 0 amide bonds. The number of aryl methyl sites for hydroxylation is 2. The van der Waals surface area contributed by atoms with Crippen molar-refractivity contribution < 1.29 is 22.9 Å². The van der Waals surface area contributed by atoms with Gasteiger partial charge in [-0.1, -0.05) is 18.2 Å². The lowest BCUT2D eigenvalue weighted by Gasteiger charge is -2.09. The highest BCUT2D eigenvalue weighted by molar-refractivity contribution is 7.89. The molecule has 0 fully saturated rings. The van der Waals surface area contributed by atoms with Crippen LogP contribution in [0.3, 0.4) is 0 Å². The van der Waals surface area contributed by atoms with E-state index in [0.29, 0.717) is 0 Å². The molecule has 0 atom stereocenters. The van der Waals surface area contributed by atoms with Crippen molar-refractivity contribution in [2.45, 2.75) is 25.3 Å². The second kappa shape index (κ2) is 8.07. The van der Waals surface area contributed by atoms with Gasteiger partial charge in [0.15, 0.2) is 0 Å². The summed E-state index contributed by atoms with van der Waals surface area (Å²) in [7, 11) is -3.86. The molecule has 0 spiro atoms. The van der Waals surface area contributed by atoms with Crippen LogP contribution in [-0.4, -0.2) is 25.9 Å². The van der Waals surface area contributed by atoms with E-state index >= 15 is 0 Å². The van der Waals surface area contributed by atoms with Crippen LogP contribution >= 0.6 is 0 Å². The predicted octanol–water partition coefficient (Wildman–Crippen LogP) is 2.23. The standard InChI is InChI=1S/C17H18N2O6S/c1-12-7-8-15(9-13(12)2)26(23,24)18-10-17(20)25-11-14-5-3-4-6-16(14)19(21)22/h3-9,18H,10-11H2,1-2H3. The number of carbonyl (C=O) groups is 1. The van der Waals surface area contributed by atoms with E-state index < -0.39 is 27.5 Å². The predicted molar refractivity (Wildman–Crippen MR) is 94.0 cm³/mol. The van der Waals surface area contributed by atoms with Gasteiger partial charge in [0.25, 0.3) is 5.69 Å². The number of esters is 1. The number of nitrogens with one attached hydrogen (secondary N) is 1. The fraction of sp³-hybridized carbons (Fsp3) is 0.235. The molecule has 0 aliphatic carbocycles. The molecule has 2 rings (SSSR count). The van der Waals surface area contributed by atoms with Gasteiger partial charge in [0.2, 0.25) is 10.0 Å². The Morgan fingerprint density at radius 1 is 1.15 bits per heavy atom. The van der Waals surface area contributed by atoms with Crippen LogP contribution in [0.4, 0.5) is 5.69 Å². The minimum absolute atomic E-state index is 0.0482. The van der Waals surface area contributed by atoms with Crippen LogP contribution < -0.4 is 4.72 Å². The number of nitrogens with zero attached hydrogens (tertiary/aromatic N) is 1. The topological polar surface area (TPSA) is 116 Å². The van der Waals surface area contributed by atoms with Crippen molar-refractivity contribution in [2.24, 2.45) is 0 Å². The summed E-state index contributed by atoms with van der Waals surface area (Å²) >= 11 is 0. The molecule has 0 radical (unpaired) electrons. The van der Waals surface area contributed by atoms with E-state index in [-0.39, 0.29) is 22.8 Å². The lowest BCUT2D eigenvalue weighted by atomic mass is 10.1. The molecule has 26 heavy (non-hydrogen) atoms. The third-order valence-electron chi connectivity index (χ3n) is 3.77. The SMILES string of the molecule is Cc1ccc(S(=O)(=O)NCC(=O)OCc2ccccc2[N+](=O)[O-])cc1C. The van der Waals surface area contributed by atoms with Crippen LogP contribution in [0.1, 0.15) is 16.7 Å². The minimum Gasteiger partial charge on any atom is -0.460 e. The molecular formula is C17H18N2O6S. The summed E-state index contributed by atoms with van der Waals surface area (Å²) in [5.74, 6) is -0.837. The first-order valence-corrected chi connectivity index (χ1v) is 9.14. The zero-order chi connectivity index (χ0) is 19.3. The van der Waals surface area contributed by atoms with Gasteiger partial charge in [0.1, 0.15) is 13.2 Å². The zero-order valence-electron chi connectivity index (χ0n) is 14.3. The van der Waals surface area contributed by atoms with Gasteiger partial charge in [0, 0.05) is 6.07 Å². The molecule has 0 aromatic heterocycles. The molecule has 0 heterocycles. The lowest BCUT2D eigenvalue weighted by molar-refractivity contribution is -0.385. The first-order valence-electron chi connectivity index (χ1n) is 7.65. The van der Waals surface area contributed by atoms with Crippen molar-refractivity contribution in [3.05, 3.63) is 69.3 Å². The zero-order valence-corrected chi connectivity index (χ0v) is 15.1. The molecular weight excluding hydrogens is 360 g/mol. The molecule has 1 N–H and O–H groups in total. The minimum atomic E-state index is -3.86. The van der Waals surface area contributed by atoms with Crippen LogP contribution in [0.2, 0.25) is 0 Å². The molecule has 2 aromatic rings. The number of nitro benzene ring substituents is 1. The van der Waals surface area contributed by atoms with Crippen molar-refractivity contribution in [1.29, 1.82) is 0 Å². The largest absolute Gasteiger partial charge is 0.460 e. The third-order valence-corrected chi connectivity index (χ3v) is 5.17. The third kappa shape index (κ3) is 4.87. The van der Waals surface area contributed by atoms with E-state index in [1.54, 1.807) is 19.1 Å².